The molecule has 0 atom stereocenters. The number of nitrogens with zero attached hydrogens (tertiary/aromatic N) is 1. The lowest BCUT2D eigenvalue weighted by molar-refractivity contribution is 0.102. The van der Waals surface area contributed by atoms with E-state index in [2.05, 4.69) is 10.3 Å². The second-order valence-corrected chi connectivity index (χ2v) is 7.25. The Balaban J connectivity index is 1.52. The maximum atomic E-state index is 13.0. The van der Waals surface area contributed by atoms with Gasteiger partial charge in [-0.05, 0) is 53.2 Å². The highest BCUT2D eigenvalue weighted by Crippen LogP contribution is 2.28. The third kappa shape index (κ3) is 3.58. The Labute approximate surface area is 183 Å². The van der Waals surface area contributed by atoms with Crippen molar-refractivity contribution in [3.63, 3.8) is 0 Å². The first kappa shape index (κ1) is 19.5. The molecule has 0 unspecified atom stereocenters. The van der Waals surface area contributed by atoms with E-state index in [9.17, 15) is 9.59 Å². The first-order chi connectivity index (χ1) is 15.6. The fourth-order valence-corrected chi connectivity index (χ4v) is 3.60. The molecule has 0 radical (unpaired) electrons. The second kappa shape index (κ2) is 8.00. The van der Waals surface area contributed by atoms with Gasteiger partial charge in [0.25, 0.3) is 5.91 Å². The zero-order valence-corrected chi connectivity index (χ0v) is 17.2. The van der Waals surface area contributed by atoms with Crippen LogP contribution < -0.4 is 15.7 Å². The van der Waals surface area contributed by atoms with Crippen molar-refractivity contribution in [1.29, 1.82) is 0 Å². The Morgan fingerprint density at radius 1 is 0.906 bits per heavy atom. The van der Waals surface area contributed by atoms with Crippen molar-refractivity contribution in [3.8, 4) is 17.2 Å². The molecule has 0 aliphatic rings. The number of methoxy groups -OCH3 is 1. The summed E-state index contributed by atoms with van der Waals surface area (Å²) >= 11 is 0. The van der Waals surface area contributed by atoms with Crippen LogP contribution in [0.25, 0.3) is 33.1 Å². The van der Waals surface area contributed by atoms with E-state index >= 15 is 0 Å². The van der Waals surface area contributed by atoms with Gasteiger partial charge in [-0.15, -0.1) is 0 Å². The van der Waals surface area contributed by atoms with E-state index in [1.165, 1.54) is 7.11 Å². The summed E-state index contributed by atoms with van der Waals surface area (Å²) in [4.78, 5) is 30.0. The van der Waals surface area contributed by atoms with Crippen molar-refractivity contribution in [1.82, 2.24) is 4.98 Å². The summed E-state index contributed by atoms with van der Waals surface area (Å²) in [6.07, 6.45) is 0. The fourth-order valence-electron chi connectivity index (χ4n) is 3.60. The van der Waals surface area contributed by atoms with E-state index in [1.54, 1.807) is 48.5 Å². The van der Waals surface area contributed by atoms with Gasteiger partial charge in [0.1, 0.15) is 5.75 Å². The molecule has 0 saturated heterocycles. The Morgan fingerprint density at radius 2 is 1.69 bits per heavy atom. The number of benzene rings is 4. The molecule has 6 nitrogen and oxygen atoms in total. The van der Waals surface area contributed by atoms with Crippen molar-refractivity contribution in [2.75, 3.05) is 12.4 Å². The monoisotopic (exact) mass is 422 g/mol. The molecule has 1 N–H and O–H groups in total. The van der Waals surface area contributed by atoms with Gasteiger partial charge in [-0.25, -0.2) is 9.78 Å². The number of nitrogens with one attached hydrogen (secondary N) is 1. The quantitative estimate of drug-likeness (QED) is 0.427. The summed E-state index contributed by atoms with van der Waals surface area (Å²) in [5.41, 5.74) is 1.48. The Bertz CT molecular complexity index is 1540. The van der Waals surface area contributed by atoms with Crippen LogP contribution >= 0.6 is 0 Å². The maximum Gasteiger partial charge on any atom is 0.347 e. The zero-order chi connectivity index (χ0) is 22.1. The molecule has 5 rings (SSSR count). The van der Waals surface area contributed by atoms with Gasteiger partial charge in [0, 0.05) is 5.56 Å². The van der Waals surface area contributed by atoms with Gasteiger partial charge in [0.15, 0.2) is 0 Å². The van der Waals surface area contributed by atoms with Crippen LogP contribution in [0.2, 0.25) is 0 Å². The van der Waals surface area contributed by atoms with Gasteiger partial charge in [-0.2, -0.15) is 0 Å². The number of aromatic nitrogens is 1. The van der Waals surface area contributed by atoms with E-state index in [4.69, 9.17) is 9.15 Å². The van der Waals surface area contributed by atoms with Crippen molar-refractivity contribution >= 4 is 33.3 Å². The lowest BCUT2D eigenvalue weighted by Crippen LogP contribution is -2.13. The minimum absolute atomic E-state index is 0.127. The molecular formula is C26H18N2O4. The number of hydrogen-bond acceptors (Lipinski definition) is 5. The minimum atomic E-state index is -0.528. The smallest absolute Gasteiger partial charge is 0.347 e. The number of anilines is 1. The molecule has 32 heavy (non-hydrogen) atoms. The summed E-state index contributed by atoms with van der Waals surface area (Å²) in [5, 5.41) is 5.28. The average molecular weight is 422 g/mol. The largest absolute Gasteiger partial charge is 0.497 e. The lowest BCUT2D eigenvalue weighted by atomic mass is 10.1. The lowest BCUT2D eigenvalue weighted by Gasteiger charge is -2.11. The number of carbonyl (C=O) groups is 1. The maximum absolute atomic E-state index is 13.0. The van der Waals surface area contributed by atoms with Crippen molar-refractivity contribution in [2.24, 2.45) is 0 Å². The fraction of sp³-hybridized carbons (Fsp3) is 0.0385. The minimum Gasteiger partial charge on any atom is -0.497 e. The number of para-hydroxylation sites is 1. The third-order valence-electron chi connectivity index (χ3n) is 5.25. The van der Waals surface area contributed by atoms with Crippen LogP contribution in [-0.4, -0.2) is 18.0 Å². The van der Waals surface area contributed by atoms with E-state index in [0.717, 1.165) is 10.8 Å². The highest BCUT2D eigenvalue weighted by molar-refractivity contribution is 6.08. The highest BCUT2D eigenvalue weighted by atomic mass is 16.5. The topological polar surface area (TPSA) is 81.4 Å². The van der Waals surface area contributed by atoms with Crippen LogP contribution in [-0.2, 0) is 0 Å². The van der Waals surface area contributed by atoms with E-state index in [1.807, 2.05) is 36.4 Å². The molecule has 5 aromatic rings. The van der Waals surface area contributed by atoms with Crippen LogP contribution in [0, 0.1) is 0 Å². The summed E-state index contributed by atoms with van der Waals surface area (Å²) in [5.74, 6) is 0.403. The van der Waals surface area contributed by atoms with Crippen LogP contribution in [0.4, 0.5) is 5.69 Å². The highest BCUT2D eigenvalue weighted by Gasteiger charge is 2.15. The molecular weight excluding hydrogens is 404 g/mol. The average Bonchev–Trinajstić information content (AvgIpc) is 2.83. The molecule has 6 heteroatoms. The molecule has 0 saturated carbocycles. The zero-order valence-electron chi connectivity index (χ0n) is 17.2. The van der Waals surface area contributed by atoms with Crippen molar-refractivity contribution in [3.05, 3.63) is 101 Å². The molecule has 0 fully saturated rings. The van der Waals surface area contributed by atoms with Gasteiger partial charge in [-0.1, -0.05) is 42.5 Å². The summed E-state index contributed by atoms with van der Waals surface area (Å²) in [7, 11) is 1.53. The predicted molar refractivity (Wildman–Crippen MR) is 124 cm³/mol. The molecule has 0 aliphatic carbocycles. The molecule has 1 amide bonds. The SMILES string of the molecule is COc1ccc2nc(-c3ccccc3NC(=O)c3ccc4ccccc4c3)oc(=O)c2c1. The Morgan fingerprint density at radius 3 is 2.53 bits per heavy atom. The molecule has 156 valence electrons. The number of carbonyl (C=O) groups excluding carboxylic acids is 1. The number of rotatable bonds is 4. The van der Waals surface area contributed by atoms with Gasteiger partial charge in [0.05, 0.1) is 29.3 Å². The number of fused-ring (bicyclic) bond motifs is 2. The molecule has 1 aromatic heterocycles. The van der Waals surface area contributed by atoms with Crippen molar-refractivity contribution < 1.29 is 13.9 Å². The van der Waals surface area contributed by atoms with Gasteiger partial charge < -0.3 is 14.5 Å². The normalized spacial score (nSPS) is 10.9. The number of hydrogen-bond donors (Lipinski definition) is 1. The third-order valence-corrected chi connectivity index (χ3v) is 5.25. The summed E-state index contributed by atoms with van der Waals surface area (Å²) in [6, 6.07) is 25.5. The first-order valence-electron chi connectivity index (χ1n) is 10.0. The van der Waals surface area contributed by atoms with Crippen molar-refractivity contribution in [2.45, 2.75) is 0 Å². The standard InChI is InChI=1S/C26H18N2O4/c1-31-19-12-13-23-21(15-19)26(30)32-25(28-23)20-8-4-5-9-22(20)27-24(29)18-11-10-16-6-2-3-7-17(16)14-18/h2-15H,1H3,(H,27,29). The van der Waals surface area contributed by atoms with Gasteiger partial charge in [-0.3, -0.25) is 4.79 Å². The van der Waals surface area contributed by atoms with E-state index in [0.29, 0.717) is 33.5 Å². The number of ether oxygens (including phenoxy) is 1. The summed E-state index contributed by atoms with van der Waals surface area (Å²) < 4.78 is 10.7. The molecule has 0 bridgehead atoms. The Kier molecular flexibility index (Phi) is 4.88. The molecule has 4 aromatic carbocycles. The van der Waals surface area contributed by atoms with Gasteiger partial charge in [0.2, 0.25) is 5.89 Å². The molecule has 0 aliphatic heterocycles. The van der Waals surface area contributed by atoms with Crippen LogP contribution in [0.1, 0.15) is 10.4 Å². The van der Waals surface area contributed by atoms with Gasteiger partial charge >= 0.3 is 5.63 Å². The first-order valence-corrected chi connectivity index (χ1v) is 10.0. The van der Waals surface area contributed by atoms with E-state index < -0.39 is 5.63 Å². The second-order valence-electron chi connectivity index (χ2n) is 7.25. The van der Waals surface area contributed by atoms with Crippen LogP contribution in [0.3, 0.4) is 0 Å². The number of amides is 1. The van der Waals surface area contributed by atoms with Crippen LogP contribution in [0.5, 0.6) is 5.75 Å². The Hall–Kier alpha value is -4.45. The van der Waals surface area contributed by atoms with E-state index in [-0.39, 0.29) is 11.8 Å². The molecule has 1 heterocycles. The van der Waals surface area contributed by atoms with Crippen LogP contribution in [0.15, 0.2) is 94.1 Å². The summed E-state index contributed by atoms with van der Waals surface area (Å²) in [6.45, 7) is 0. The predicted octanol–water partition coefficient (Wildman–Crippen LogP) is 5.27. The molecule has 0 spiro atoms.